The van der Waals surface area contributed by atoms with Crippen molar-refractivity contribution in [1.29, 1.82) is 0 Å². The molecule has 78 valence electrons. The fourth-order valence-electron chi connectivity index (χ4n) is 1.63. The molecule has 1 aliphatic heterocycles. The largest absolute Gasteiger partial charge is 0.395 e. The Bertz CT molecular complexity index is 141. The molecule has 0 spiro atoms. The van der Waals surface area contributed by atoms with Crippen LogP contribution in [-0.4, -0.2) is 49.0 Å². The van der Waals surface area contributed by atoms with Crippen molar-refractivity contribution < 1.29 is 9.84 Å². The zero-order chi connectivity index (χ0) is 9.68. The third kappa shape index (κ3) is 3.25. The third-order valence-corrected chi connectivity index (χ3v) is 2.80. The number of rotatable bonds is 4. The molecule has 1 fully saturated rings. The number of aliphatic hydroxyl groups excluding tert-OH is 1. The molecule has 1 aliphatic rings. The van der Waals surface area contributed by atoms with Crippen LogP contribution in [0, 0.1) is 5.92 Å². The van der Waals surface area contributed by atoms with Gasteiger partial charge in [0.1, 0.15) is 0 Å². The molecule has 13 heavy (non-hydrogen) atoms. The summed E-state index contributed by atoms with van der Waals surface area (Å²) in [6.07, 6.45) is 1.20. The highest BCUT2D eigenvalue weighted by atomic mass is 16.5. The van der Waals surface area contributed by atoms with E-state index in [9.17, 15) is 0 Å². The molecule has 0 radical (unpaired) electrons. The summed E-state index contributed by atoms with van der Waals surface area (Å²) in [5.74, 6) is 0.715. The minimum absolute atomic E-state index is 0.219. The fourth-order valence-corrected chi connectivity index (χ4v) is 1.63. The maximum atomic E-state index is 9.13. The predicted octanol–water partition coefficient (Wildman–Crippen LogP) is 0.726. The monoisotopic (exact) mass is 187 g/mol. The van der Waals surface area contributed by atoms with E-state index in [1.165, 1.54) is 6.42 Å². The van der Waals surface area contributed by atoms with Gasteiger partial charge in [-0.15, -0.1) is 0 Å². The first-order valence-corrected chi connectivity index (χ1v) is 5.20. The molecule has 1 saturated heterocycles. The van der Waals surface area contributed by atoms with Crippen LogP contribution in [0.15, 0.2) is 0 Å². The molecule has 0 aromatic carbocycles. The van der Waals surface area contributed by atoms with Crippen molar-refractivity contribution in [2.24, 2.45) is 5.92 Å². The minimum atomic E-state index is 0.219. The van der Waals surface area contributed by atoms with Gasteiger partial charge in [0.2, 0.25) is 0 Å². The lowest BCUT2D eigenvalue weighted by molar-refractivity contribution is -0.0326. The maximum Gasteiger partial charge on any atom is 0.0644 e. The Balaban J connectivity index is 2.35. The van der Waals surface area contributed by atoms with Gasteiger partial charge >= 0.3 is 0 Å². The van der Waals surface area contributed by atoms with Gasteiger partial charge in [-0.1, -0.05) is 20.3 Å². The lowest BCUT2D eigenvalue weighted by atomic mass is 10.1. The van der Waals surface area contributed by atoms with Crippen LogP contribution in [0.25, 0.3) is 0 Å². The first kappa shape index (κ1) is 11.0. The molecule has 0 aromatic rings. The van der Waals surface area contributed by atoms with Gasteiger partial charge in [-0.3, -0.25) is 4.90 Å². The minimum Gasteiger partial charge on any atom is -0.395 e. The number of aliphatic hydroxyl groups is 1. The summed E-state index contributed by atoms with van der Waals surface area (Å²) in [5, 5.41) is 9.13. The van der Waals surface area contributed by atoms with E-state index in [0.717, 1.165) is 19.7 Å². The van der Waals surface area contributed by atoms with E-state index in [4.69, 9.17) is 9.84 Å². The Labute approximate surface area is 80.7 Å². The van der Waals surface area contributed by atoms with Crippen LogP contribution in [0.2, 0.25) is 0 Å². The first-order chi connectivity index (χ1) is 6.27. The summed E-state index contributed by atoms with van der Waals surface area (Å²) in [7, 11) is 0. The normalized spacial score (nSPS) is 27.5. The highest BCUT2D eigenvalue weighted by Crippen LogP contribution is 2.11. The summed E-state index contributed by atoms with van der Waals surface area (Å²) < 4.78 is 5.32. The molecule has 2 unspecified atom stereocenters. The van der Waals surface area contributed by atoms with Crippen molar-refractivity contribution in [3.63, 3.8) is 0 Å². The molecular weight excluding hydrogens is 166 g/mol. The third-order valence-electron chi connectivity index (χ3n) is 2.80. The highest BCUT2D eigenvalue weighted by molar-refractivity contribution is 4.75. The molecule has 0 amide bonds. The zero-order valence-corrected chi connectivity index (χ0v) is 8.70. The Morgan fingerprint density at radius 3 is 3.00 bits per heavy atom. The lowest BCUT2D eigenvalue weighted by Gasteiger charge is -2.35. The Morgan fingerprint density at radius 1 is 1.62 bits per heavy atom. The van der Waals surface area contributed by atoms with Crippen molar-refractivity contribution in [2.45, 2.75) is 26.3 Å². The van der Waals surface area contributed by atoms with Crippen LogP contribution >= 0.6 is 0 Å². The number of nitrogens with zero attached hydrogens (tertiary/aromatic N) is 1. The molecule has 1 N–H and O–H groups in total. The standard InChI is InChI=1S/C10H21NO2/c1-3-9(2)6-11-4-5-13-8-10(11)7-12/h9-10,12H,3-8H2,1-2H3. The topological polar surface area (TPSA) is 32.7 Å². The van der Waals surface area contributed by atoms with Gasteiger partial charge in [-0.05, 0) is 5.92 Å². The first-order valence-electron chi connectivity index (χ1n) is 5.20. The molecule has 0 aliphatic carbocycles. The molecule has 3 heteroatoms. The van der Waals surface area contributed by atoms with Gasteiger partial charge in [-0.2, -0.15) is 0 Å². The number of hydrogen-bond acceptors (Lipinski definition) is 3. The SMILES string of the molecule is CCC(C)CN1CCOCC1CO. The zero-order valence-electron chi connectivity index (χ0n) is 8.70. The second kappa shape index (κ2) is 5.58. The molecule has 0 bridgehead atoms. The molecule has 2 atom stereocenters. The van der Waals surface area contributed by atoms with Crippen LogP contribution in [-0.2, 0) is 4.74 Å². The molecule has 0 aromatic heterocycles. The Hall–Kier alpha value is -0.120. The van der Waals surface area contributed by atoms with Crippen molar-refractivity contribution in [3.05, 3.63) is 0 Å². The van der Waals surface area contributed by atoms with Gasteiger partial charge in [0.15, 0.2) is 0 Å². The maximum absolute atomic E-state index is 9.13. The number of ether oxygens (including phenoxy) is 1. The van der Waals surface area contributed by atoms with E-state index in [0.29, 0.717) is 12.5 Å². The van der Waals surface area contributed by atoms with E-state index in [-0.39, 0.29) is 12.6 Å². The van der Waals surface area contributed by atoms with Gasteiger partial charge in [0, 0.05) is 13.1 Å². The van der Waals surface area contributed by atoms with E-state index in [1.54, 1.807) is 0 Å². The number of morpholine rings is 1. The fraction of sp³-hybridized carbons (Fsp3) is 1.00. The smallest absolute Gasteiger partial charge is 0.0644 e. The van der Waals surface area contributed by atoms with Gasteiger partial charge in [0.05, 0.1) is 25.9 Å². The summed E-state index contributed by atoms with van der Waals surface area (Å²) in [6, 6.07) is 0.225. The Morgan fingerprint density at radius 2 is 2.38 bits per heavy atom. The molecular formula is C10H21NO2. The summed E-state index contributed by atoms with van der Waals surface area (Å²) in [6.45, 7) is 8.24. The molecule has 1 rings (SSSR count). The van der Waals surface area contributed by atoms with Gasteiger partial charge in [0.25, 0.3) is 0 Å². The number of hydrogen-bond donors (Lipinski definition) is 1. The van der Waals surface area contributed by atoms with Crippen molar-refractivity contribution >= 4 is 0 Å². The Kier molecular flexibility index (Phi) is 4.70. The van der Waals surface area contributed by atoms with E-state index >= 15 is 0 Å². The average molecular weight is 187 g/mol. The van der Waals surface area contributed by atoms with E-state index in [1.807, 2.05) is 0 Å². The van der Waals surface area contributed by atoms with Gasteiger partial charge in [-0.25, -0.2) is 0 Å². The quantitative estimate of drug-likeness (QED) is 0.704. The van der Waals surface area contributed by atoms with Crippen LogP contribution in [0.5, 0.6) is 0 Å². The molecule has 0 saturated carbocycles. The second-order valence-electron chi connectivity index (χ2n) is 3.92. The van der Waals surface area contributed by atoms with Crippen molar-refractivity contribution in [3.8, 4) is 0 Å². The van der Waals surface area contributed by atoms with E-state index < -0.39 is 0 Å². The van der Waals surface area contributed by atoms with Crippen LogP contribution < -0.4 is 0 Å². The van der Waals surface area contributed by atoms with E-state index in [2.05, 4.69) is 18.7 Å². The predicted molar refractivity (Wildman–Crippen MR) is 52.7 cm³/mol. The summed E-state index contributed by atoms with van der Waals surface area (Å²) in [4.78, 5) is 2.34. The lowest BCUT2D eigenvalue weighted by Crippen LogP contribution is -2.48. The molecule has 1 heterocycles. The summed E-state index contributed by atoms with van der Waals surface area (Å²) >= 11 is 0. The van der Waals surface area contributed by atoms with Gasteiger partial charge < -0.3 is 9.84 Å². The van der Waals surface area contributed by atoms with Crippen molar-refractivity contribution in [1.82, 2.24) is 4.90 Å². The van der Waals surface area contributed by atoms with Crippen molar-refractivity contribution in [2.75, 3.05) is 32.9 Å². The summed E-state index contributed by atoms with van der Waals surface area (Å²) in [5.41, 5.74) is 0. The second-order valence-corrected chi connectivity index (χ2v) is 3.92. The van der Waals surface area contributed by atoms with Crippen LogP contribution in [0.4, 0.5) is 0 Å². The van der Waals surface area contributed by atoms with Crippen LogP contribution in [0.1, 0.15) is 20.3 Å². The highest BCUT2D eigenvalue weighted by Gasteiger charge is 2.22. The molecule has 3 nitrogen and oxygen atoms in total. The van der Waals surface area contributed by atoms with Crippen LogP contribution in [0.3, 0.4) is 0 Å². The average Bonchev–Trinajstić information content (AvgIpc) is 2.18.